The lowest BCUT2D eigenvalue weighted by molar-refractivity contribution is -0.480. The van der Waals surface area contributed by atoms with Gasteiger partial charge in [0, 0.05) is 6.42 Å². The molecular weight excluding hydrogens is 176 g/mol. The third-order valence-corrected chi connectivity index (χ3v) is 1.61. The molecule has 2 unspecified atom stereocenters. The molecule has 0 amide bonds. The lowest BCUT2D eigenvalue weighted by Gasteiger charge is -2.07. The van der Waals surface area contributed by atoms with Gasteiger partial charge in [-0.3, -0.25) is 9.59 Å². The van der Waals surface area contributed by atoms with E-state index in [1.807, 2.05) is 0 Å². The van der Waals surface area contributed by atoms with Gasteiger partial charge >= 0.3 is 5.97 Å². The van der Waals surface area contributed by atoms with E-state index >= 15 is 0 Å². The maximum Gasteiger partial charge on any atom is 0.320 e. The number of rotatable bonds is 7. The third-order valence-electron chi connectivity index (χ3n) is 1.61. The zero-order chi connectivity index (χ0) is 10.3. The lowest BCUT2D eigenvalue weighted by atomic mass is 10.1. The van der Waals surface area contributed by atoms with Crippen molar-refractivity contribution in [3.63, 3.8) is 0 Å². The highest BCUT2D eigenvalue weighted by atomic mass is 16.5. The van der Waals surface area contributed by atoms with Gasteiger partial charge in [-0.1, -0.05) is 0 Å². The Bertz CT molecular complexity index is 174. The number of nitrogens with two attached hydrogens (primary N) is 1. The van der Waals surface area contributed by atoms with Crippen LogP contribution in [0.25, 0.3) is 0 Å². The smallest absolute Gasteiger partial charge is 0.320 e. The lowest BCUT2D eigenvalue weighted by Crippen LogP contribution is -2.62. The summed E-state index contributed by atoms with van der Waals surface area (Å²) in [6, 6.07) is -0.844. The topological polar surface area (TPSA) is 117 Å². The summed E-state index contributed by atoms with van der Waals surface area (Å²) in [5.74, 6) is -1.02. The van der Waals surface area contributed by atoms with Gasteiger partial charge in [-0.05, 0) is 12.8 Å². The summed E-state index contributed by atoms with van der Waals surface area (Å²) < 4.78 is 4.50. The third kappa shape index (κ3) is 6.06. The highest BCUT2D eigenvalue weighted by molar-refractivity contribution is 5.72. The molecule has 0 aliphatic heterocycles. The van der Waals surface area contributed by atoms with Gasteiger partial charge in [0.25, 0.3) is 6.47 Å². The van der Waals surface area contributed by atoms with Crippen LogP contribution in [-0.2, 0) is 14.3 Å². The summed E-state index contributed by atoms with van der Waals surface area (Å²) >= 11 is 0. The number of carboxylic acid groups (broad SMARTS) is 1. The van der Waals surface area contributed by atoms with Crippen molar-refractivity contribution >= 4 is 12.4 Å². The molecule has 0 aromatic carbocycles. The van der Waals surface area contributed by atoms with Gasteiger partial charge in [-0.15, -0.1) is 0 Å². The van der Waals surface area contributed by atoms with Crippen molar-refractivity contribution < 1.29 is 25.2 Å². The fourth-order valence-corrected chi connectivity index (χ4v) is 0.836. The Morgan fingerprint density at radius 2 is 2.23 bits per heavy atom. The predicted molar refractivity (Wildman–Crippen MR) is 43.3 cm³/mol. The van der Waals surface area contributed by atoms with Gasteiger partial charge < -0.3 is 21.3 Å². The van der Waals surface area contributed by atoms with Crippen molar-refractivity contribution in [2.24, 2.45) is 5.73 Å². The van der Waals surface area contributed by atoms with Crippen LogP contribution in [0.1, 0.15) is 19.3 Å². The Labute approximate surface area is 75.8 Å². The first-order valence-electron chi connectivity index (χ1n) is 3.98. The standard InChI is InChI=1S/C7H14N2O4/c8-5(7(11)12)2-1-3-6(9)13-4-10/h4-6H,1-3,8-9H2,(H,11,12)/p+1. The van der Waals surface area contributed by atoms with E-state index in [0.29, 0.717) is 25.7 Å². The molecular formula is C7H15N2O4+. The monoisotopic (exact) mass is 191 g/mol. The van der Waals surface area contributed by atoms with E-state index in [0.717, 1.165) is 0 Å². The number of carboxylic acids is 1. The van der Waals surface area contributed by atoms with Gasteiger partial charge in [0.2, 0.25) is 6.23 Å². The molecule has 0 aliphatic carbocycles. The SMILES string of the molecule is NC(CCCC([NH3+])OC=O)C(=O)O. The van der Waals surface area contributed by atoms with Crippen LogP contribution in [0.5, 0.6) is 0 Å². The molecule has 0 bridgehead atoms. The summed E-state index contributed by atoms with van der Waals surface area (Å²) in [6.45, 7) is 0.328. The van der Waals surface area contributed by atoms with Gasteiger partial charge in [-0.2, -0.15) is 0 Å². The van der Waals surface area contributed by atoms with Crippen LogP contribution < -0.4 is 11.5 Å². The van der Waals surface area contributed by atoms with Gasteiger partial charge in [0.15, 0.2) is 0 Å². The Morgan fingerprint density at radius 3 is 2.69 bits per heavy atom. The highest BCUT2D eigenvalue weighted by Crippen LogP contribution is 2.01. The van der Waals surface area contributed by atoms with Crippen molar-refractivity contribution in [2.45, 2.75) is 31.5 Å². The van der Waals surface area contributed by atoms with Crippen LogP contribution in [0.3, 0.4) is 0 Å². The molecule has 13 heavy (non-hydrogen) atoms. The Hall–Kier alpha value is -1.14. The zero-order valence-corrected chi connectivity index (χ0v) is 7.31. The number of hydrogen-bond donors (Lipinski definition) is 3. The maximum absolute atomic E-state index is 10.3. The second kappa shape index (κ2) is 6.38. The van der Waals surface area contributed by atoms with Crippen molar-refractivity contribution in [2.75, 3.05) is 0 Å². The minimum absolute atomic E-state index is 0.328. The van der Waals surface area contributed by atoms with E-state index in [2.05, 4.69) is 10.5 Å². The van der Waals surface area contributed by atoms with Crippen LogP contribution in [-0.4, -0.2) is 29.8 Å². The first-order chi connectivity index (χ1) is 6.07. The summed E-state index contributed by atoms with van der Waals surface area (Å²) in [5, 5.41) is 8.42. The average molecular weight is 191 g/mol. The van der Waals surface area contributed by atoms with Crippen molar-refractivity contribution in [1.82, 2.24) is 0 Å². The normalized spacial score (nSPS) is 14.6. The van der Waals surface area contributed by atoms with Crippen molar-refractivity contribution in [3.8, 4) is 0 Å². The fraction of sp³-hybridized carbons (Fsp3) is 0.714. The molecule has 6 heteroatoms. The summed E-state index contributed by atoms with van der Waals surface area (Å²) in [5.41, 5.74) is 8.77. The molecule has 0 aromatic heterocycles. The number of hydrogen-bond acceptors (Lipinski definition) is 4. The van der Waals surface area contributed by atoms with Gasteiger partial charge in [0.05, 0.1) is 0 Å². The zero-order valence-electron chi connectivity index (χ0n) is 7.31. The van der Waals surface area contributed by atoms with E-state index in [4.69, 9.17) is 10.8 Å². The van der Waals surface area contributed by atoms with Crippen LogP contribution in [0.15, 0.2) is 0 Å². The molecule has 2 atom stereocenters. The molecule has 0 aliphatic rings. The second-order valence-electron chi connectivity index (χ2n) is 2.73. The van der Waals surface area contributed by atoms with E-state index < -0.39 is 18.2 Å². The molecule has 6 N–H and O–H groups in total. The molecule has 0 radical (unpaired) electrons. The fourth-order valence-electron chi connectivity index (χ4n) is 0.836. The second-order valence-corrected chi connectivity index (χ2v) is 2.73. The van der Waals surface area contributed by atoms with Gasteiger partial charge in [-0.25, -0.2) is 0 Å². The van der Waals surface area contributed by atoms with E-state index in [9.17, 15) is 9.59 Å². The number of quaternary nitrogens is 1. The molecule has 0 aromatic rings. The van der Waals surface area contributed by atoms with E-state index in [1.54, 1.807) is 0 Å². The minimum atomic E-state index is -1.02. The van der Waals surface area contributed by atoms with Crippen LogP contribution in [0.2, 0.25) is 0 Å². The molecule has 0 rings (SSSR count). The summed E-state index contributed by atoms with van der Waals surface area (Å²) in [4.78, 5) is 20.1. The summed E-state index contributed by atoms with van der Waals surface area (Å²) in [7, 11) is 0. The molecule has 0 heterocycles. The predicted octanol–water partition coefficient (Wildman–Crippen LogP) is -1.69. The quantitative estimate of drug-likeness (QED) is 0.328. The first-order valence-corrected chi connectivity index (χ1v) is 3.98. The molecule has 0 saturated carbocycles. The van der Waals surface area contributed by atoms with Crippen LogP contribution in [0.4, 0.5) is 0 Å². The number of ether oxygens (including phenoxy) is 1. The van der Waals surface area contributed by atoms with Crippen LogP contribution >= 0.6 is 0 Å². The summed E-state index contributed by atoms with van der Waals surface area (Å²) in [6.07, 6.45) is 1.05. The Kier molecular flexibility index (Phi) is 5.82. The van der Waals surface area contributed by atoms with Crippen molar-refractivity contribution in [1.29, 1.82) is 0 Å². The number of aliphatic carboxylic acids is 1. The first kappa shape index (κ1) is 11.9. The van der Waals surface area contributed by atoms with Crippen LogP contribution in [0, 0.1) is 0 Å². The van der Waals surface area contributed by atoms with E-state index in [1.165, 1.54) is 0 Å². The maximum atomic E-state index is 10.3. The average Bonchev–Trinajstić information content (AvgIpc) is 2.04. The number of carbonyl (C=O) groups excluding carboxylic acids is 1. The highest BCUT2D eigenvalue weighted by Gasteiger charge is 2.12. The van der Waals surface area contributed by atoms with Gasteiger partial charge in [0.1, 0.15) is 6.04 Å². The number of carbonyl (C=O) groups is 2. The van der Waals surface area contributed by atoms with E-state index in [-0.39, 0.29) is 0 Å². The Balaban J connectivity index is 3.44. The molecule has 6 nitrogen and oxygen atoms in total. The largest absolute Gasteiger partial charge is 0.480 e. The van der Waals surface area contributed by atoms with Crippen molar-refractivity contribution in [3.05, 3.63) is 0 Å². The molecule has 76 valence electrons. The molecule has 0 spiro atoms. The Morgan fingerprint density at radius 1 is 1.62 bits per heavy atom. The minimum Gasteiger partial charge on any atom is -0.480 e. The molecule has 0 saturated heterocycles. The molecule has 0 fully saturated rings.